The van der Waals surface area contributed by atoms with Gasteiger partial charge in [-0.25, -0.2) is 9.37 Å². The second-order valence-corrected chi connectivity index (χ2v) is 4.83. The van der Waals surface area contributed by atoms with Crippen LogP contribution in [0.4, 0.5) is 4.39 Å². The first-order valence-corrected chi connectivity index (χ1v) is 6.59. The van der Waals surface area contributed by atoms with Crippen molar-refractivity contribution in [2.24, 2.45) is 0 Å². The lowest BCUT2D eigenvalue weighted by Crippen LogP contribution is -1.99. The molecule has 19 heavy (non-hydrogen) atoms. The zero-order valence-corrected chi connectivity index (χ0v) is 12.0. The number of ether oxygens (including phenoxy) is 1. The van der Waals surface area contributed by atoms with E-state index < -0.39 is 5.82 Å². The molecule has 2 rings (SSSR count). The van der Waals surface area contributed by atoms with Gasteiger partial charge in [0.15, 0.2) is 11.6 Å². The van der Waals surface area contributed by atoms with E-state index in [1.807, 2.05) is 19.9 Å². The van der Waals surface area contributed by atoms with E-state index in [4.69, 9.17) is 27.9 Å². The first-order valence-electron chi connectivity index (χ1n) is 5.68. The van der Waals surface area contributed by atoms with Crippen molar-refractivity contribution >= 4 is 23.2 Å². The first-order chi connectivity index (χ1) is 9.02. The molecule has 0 spiro atoms. The third kappa shape index (κ3) is 2.99. The van der Waals surface area contributed by atoms with Gasteiger partial charge in [0, 0.05) is 11.3 Å². The van der Waals surface area contributed by atoms with Crippen molar-refractivity contribution in [1.29, 1.82) is 0 Å². The molecule has 5 heteroatoms. The number of aryl methyl sites for hydroxylation is 2. The van der Waals surface area contributed by atoms with Crippen molar-refractivity contribution in [3.05, 3.63) is 51.9 Å². The van der Waals surface area contributed by atoms with Gasteiger partial charge in [-0.15, -0.1) is 11.6 Å². The highest BCUT2D eigenvalue weighted by Crippen LogP contribution is 2.31. The summed E-state index contributed by atoms with van der Waals surface area (Å²) in [6.07, 6.45) is 0. The minimum absolute atomic E-state index is 0.00861. The van der Waals surface area contributed by atoms with Crippen LogP contribution in [0.25, 0.3) is 0 Å². The van der Waals surface area contributed by atoms with Gasteiger partial charge in [-0.1, -0.05) is 17.7 Å². The van der Waals surface area contributed by atoms with Crippen molar-refractivity contribution in [1.82, 2.24) is 4.98 Å². The quantitative estimate of drug-likeness (QED) is 0.742. The lowest BCUT2D eigenvalue weighted by Gasteiger charge is -2.12. The monoisotopic (exact) mass is 299 g/mol. The third-order valence-electron chi connectivity index (χ3n) is 2.69. The first kappa shape index (κ1) is 14.1. The fourth-order valence-electron chi connectivity index (χ4n) is 1.74. The molecule has 0 unspecified atom stereocenters. The van der Waals surface area contributed by atoms with Crippen LogP contribution in [0.3, 0.4) is 0 Å². The summed E-state index contributed by atoms with van der Waals surface area (Å²) in [4.78, 5) is 4.25. The van der Waals surface area contributed by atoms with E-state index in [0.717, 1.165) is 16.8 Å². The highest BCUT2D eigenvalue weighted by Gasteiger charge is 2.14. The third-order valence-corrected chi connectivity index (χ3v) is 3.25. The topological polar surface area (TPSA) is 22.1 Å². The van der Waals surface area contributed by atoms with Gasteiger partial charge >= 0.3 is 0 Å². The van der Waals surface area contributed by atoms with E-state index in [0.29, 0.717) is 5.88 Å². The Kier molecular flexibility index (Phi) is 4.27. The highest BCUT2D eigenvalue weighted by molar-refractivity contribution is 6.30. The average molecular weight is 300 g/mol. The Hall–Kier alpha value is -1.32. The lowest BCUT2D eigenvalue weighted by atomic mass is 10.1. The fraction of sp³-hybridized carbons (Fsp3) is 0.214. The molecule has 0 atom stereocenters. The van der Waals surface area contributed by atoms with E-state index in [-0.39, 0.29) is 16.7 Å². The van der Waals surface area contributed by atoms with Gasteiger partial charge in [0.2, 0.25) is 5.88 Å². The normalized spacial score (nSPS) is 10.6. The molecule has 0 fully saturated rings. The minimum atomic E-state index is -0.606. The smallest absolute Gasteiger partial charge is 0.224 e. The summed E-state index contributed by atoms with van der Waals surface area (Å²) in [7, 11) is 0. The highest BCUT2D eigenvalue weighted by atomic mass is 35.5. The Labute approximate surface area is 121 Å². The summed E-state index contributed by atoms with van der Waals surface area (Å²) < 4.78 is 19.3. The fourth-order valence-corrected chi connectivity index (χ4v) is 2.23. The summed E-state index contributed by atoms with van der Waals surface area (Å²) in [5, 5.41) is 0.00861. The van der Waals surface area contributed by atoms with Crippen LogP contribution in [0.15, 0.2) is 24.3 Å². The molecule has 0 aliphatic carbocycles. The number of nitrogens with zero attached hydrogens (tertiary/aromatic N) is 1. The molecule has 1 aromatic heterocycles. The number of aromatic nitrogens is 1. The number of pyridine rings is 1. The maximum atomic E-state index is 13.8. The number of benzene rings is 1. The predicted octanol–water partition coefficient (Wildman–Crippen LogP) is 5.02. The molecule has 0 saturated carbocycles. The van der Waals surface area contributed by atoms with Crippen molar-refractivity contribution in [2.45, 2.75) is 19.7 Å². The molecule has 100 valence electrons. The van der Waals surface area contributed by atoms with Crippen molar-refractivity contribution in [3.8, 4) is 11.6 Å². The molecular formula is C14H12Cl2FNO. The SMILES string of the molecule is Cc1cc(C)c(CCl)c(Oc2cccc(Cl)c2F)n1. The van der Waals surface area contributed by atoms with Crippen molar-refractivity contribution < 1.29 is 9.13 Å². The van der Waals surface area contributed by atoms with Crippen LogP contribution in [-0.4, -0.2) is 4.98 Å². The molecule has 2 aromatic rings. The van der Waals surface area contributed by atoms with E-state index in [2.05, 4.69) is 4.98 Å². The number of alkyl halides is 1. The molecule has 2 nitrogen and oxygen atoms in total. The molecular weight excluding hydrogens is 288 g/mol. The van der Waals surface area contributed by atoms with Crippen molar-refractivity contribution in [3.63, 3.8) is 0 Å². The predicted molar refractivity (Wildman–Crippen MR) is 74.8 cm³/mol. The van der Waals surface area contributed by atoms with Gasteiger partial charge in [0.1, 0.15) is 0 Å². The largest absolute Gasteiger partial charge is 0.436 e. The van der Waals surface area contributed by atoms with Gasteiger partial charge < -0.3 is 4.74 Å². The zero-order chi connectivity index (χ0) is 14.0. The maximum absolute atomic E-state index is 13.8. The molecule has 1 heterocycles. The summed E-state index contributed by atoms with van der Waals surface area (Å²) in [5.74, 6) is -0.00734. The van der Waals surface area contributed by atoms with Gasteiger partial charge in [0.05, 0.1) is 10.9 Å². The van der Waals surface area contributed by atoms with E-state index in [9.17, 15) is 4.39 Å². The minimum Gasteiger partial charge on any atom is -0.436 e. The lowest BCUT2D eigenvalue weighted by molar-refractivity contribution is 0.423. The summed E-state index contributed by atoms with van der Waals surface area (Å²) >= 11 is 11.6. The number of halogens is 3. The van der Waals surface area contributed by atoms with Crippen LogP contribution >= 0.6 is 23.2 Å². The van der Waals surface area contributed by atoms with Gasteiger partial charge in [-0.2, -0.15) is 0 Å². The Morgan fingerprint density at radius 2 is 2.05 bits per heavy atom. The van der Waals surface area contributed by atoms with Gasteiger partial charge in [-0.05, 0) is 37.6 Å². The molecule has 0 bridgehead atoms. The number of hydrogen-bond donors (Lipinski definition) is 0. The van der Waals surface area contributed by atoms with Crippen LogP contribution in [0.1, 0.15) is 16.8 Å². The zero-order valence-electron chi connectivity index (χ0n) is 10.5. The molecule has 0 amide bonds. The maximum Gasteiger partial charge on any atom is 0.224 e. The van der Waals surface area contributed by atoms with E-state index in [1.165, 1.54) is 12.1 Å². The Bertz CT molecular complexity index is 617. The van der Waals surface area contributed by atoms with Crippen LogP contribution in [0.5, 0.6) is 11.6 Å². The van der Waals surface area contributed by atoms with E-state index >= 15 is 0 Å². The van der Waals surface area contributed by atoms with Gasteiger partial charge in [-0.3, -0.25) is 0 Å². The molecule has 0 radical (unpaired) electrons. The molecule has 0 aliphatic heterocycles. The summed E-state index contributed by atoms with van der Waals surface area (Å²) in [6.45, 7) is 3.75. The number of rotatable bonds is 3. The average Bonchev–Trinajstić information content (AvgIpc) is 2.34. The Morgan fingerprint density at radius 3 is 2.74 bits per heavy atom. The summed E-state index contributed by atoms with van der Waals surface area (Å²) in [5.41, 5.74) is 2.48. The Morgan fingerprint density at radius 1 is 1.32 bits per heavy atom. The summed E-state index contributed by atoms with van der Waals surface area (Å²) in [6, 6.07) is 6.47. The van der Waals surface area contributed by atoms with Crippen LogP contribution in [0.2, 0.25) is 5.02 Å². The second-order valence-electron chi connectivity index (χ2n) is 4.15. The van der Waals surface area contributed by atoms with Crippen molar-refractivity contribution in [2.75, 3.05) is 0 Å². The van der Waals surface area contributed by atoms with Crippen LogP contribution < -0.4 is 4.74 Å². The standard InChI is InChI=1S/C14H12Cl2FNO/c1-8-6-9(2)18-14(10(8)7-15)19-12-5-3-4-11(16)13(12)17/h3-6H,7H2,1-2H3. The van der Waals surface area contributed by atoms with Crippen LogP contribution in [-0.2, 0) is 5.88 Å². The molecule has 0 N–H and O–H groups in total. The van der Waals surface area contributed by atoms with Crippen LogP contribution in [0, 0.1) is 19.7 Å². The molecule has 0 aliphatic rings. The molecule has 1 aromatic carbocycles. The Balaban J connectivity index is 2.46. The van der Waals surface area contributed by atoms with Gasteiger partial charge in [0.25, 0.3) is 0 Å². The number of hydrogen-bond acceptors (Lipinski definition) is 2. The second kappa shape index (κ2) is 5.76. The van der Waals surface area contributed by atoms with E-state index in [1.54, 1.807) is 6.07 Å². The molecule has 0 saturated heterocycles.